The Morgan fingerprint density at radius 2 is 2.26 bits per heavy atom. The third-order valence-corrected chi connectivity index (χ3v) is 3.46. The third-order valence-electron chi connectivity index (χ3n) is 3.46. The van der Waals surface area contributed by atoms with Crippen LogP contribution in [0.25, 0.3) is 0 Å². The number of pyridine rings is 1. The van der Waals surface area contributed by atoms with Crippen molar-refractivity contribution in [3.05, 3.63) is 36.0 Å². The van der Waals surface area contributed by atoms with Gasteiger partial charge < -0.3 is 10.2 Å². The van der Waals surface area contributed by atoms with Crippen LogP contribution >= 0.6 is 0 Å². The van der Waals surface area contributed by atoms with Crippen molar-refractivity contribution in [1.29, 1.82) is 0 Å². The van der Waals surface area contributed by atoms with Crippen molar-refractivity contribution in [3.63, 3.8) is 0 Å². The van der Waals surface area contributed by atoms with Crippen LogP contribution in [-0.2, 0) is 6.54 Å². The average molecular weight is 259 g/mol. The average Bonchev–Trinajstić information content (AvgIpc) is 3.20. The molecule has 0 radical (unpaired) electrons. The largest absolute Gasteiger partial charge is 0.360 e. The van der Waals surface area contributed by atoms with Crippen LogP contribution in [0.1, 0.15) is 36.9 Å². The highest BCUT2D eigenvalue weighted by Crippen LogP contribution is 2.20. The van der Waals surface area contributed by atoms with Gasteiger partial charge in [0.15, 0.2) is 0 Å². The summed E-state index contributed by atoms with van der Waals surface area (Å²) in [5.74, 6) is 1.08. The highest BCUT2D eigenvalue weighted by Gasteiger charge is 2.20. The van der Waals surface area contributed by atoms with Gasteiger partial charge in [-0.25, -0.2) is 4.98 Å². The smallest absolute Gasteiger partial charge is 0.128 e. The highest BCUT2D eigenvalue weighted by molar-refractivity contribution is 5.41. The fraction of sp³-hybridized carbons (Fsp3) is 0.562. The summed E-state index contributed by atoms with van der Waals surface area (Å²) in [4.78, 5) is 6.86. The lowest BCUT2D eigenvalue weighted by Gasteiger charge is -2.19. The first kappa shape index (κ1) is 14.1. The van der Waals surface area contributed by atoms with Gasteiger partial charge in [-0.2, -0.15) is 0 Å². The SMILES string of the molecule is C=CCCCN(C)c1cc(CNC2CC2)cc(C)n1. The molecule has 1 saturated carbocycles. The van der Waals surface area contributed by atoms with E-state index < -0.39 is 0 Å². The normalized spacial score (nSPS) is 14.4. The van der Waals surface area contributed by atoms with Gasteiger partial charge in [0.05, 0.1) is 0 Å². The molecule has 1 N–H and O–H groups in total. The summed E-state index contributed by atoms with van der Waals surface area (Å²) in [5, 5.41) is 3.56. The third kappa shape index (κ3) is 4.67. The number of allylic oxidation sites excluding steroid dienone is 1. The lowest BCUT2D eigenvalue weighted by molar-refractivity contribution is 0.685. The van der Waals surface area contributed by atoms with Crippen LogP contribution in [0, 0.1) is 6.92 Å². The summed E-state index contributed by atoms with van der Waals surface area (Å²) in [5.41, 5.74) is 2.44. The van der Waals surface area contributed by atoms with E-state index in [9.17, 15) is 0 Å². The monoisotopic (exact) mass is 259 g/mol. The van der Waals surface area contributed by atoms with Crippen molar-refractivity contribution in [3.8, 4) is 0 Å². The first-order chi connectivity index (χ1) is 9.19. The van der Waals surface area contributed by atoms with Crippen LogP contribution in [0.3, 0.4) is 0 Å². The number of nitrogens with one attached hydrogen (secondary N) is 1. The minimum absolute atomic E-state index is 0.752. The van der Waals surface area contributed by atoms with E-state index in [1.165, 1.54) is 18.4 Å². The van der Waals surface area contributed by atoms with Crippen molar-refractivity contribution < 1.29 is 0 Å². The van der Waals surface area contributed by atoms with Crippen LogP contribution in [0.15, 0.2) is 24.8 Å². The lowest BCUT2D eigenvalue weighted by atomic mass is 10.2. The number of aryl methyl sites for hydroxylation is 1. The van der Waals surface area contributed by atoms with Gasteiger partial charge in [0.25, 0.3) is 0 Å². The predicted molar refractivity (Wildman–Crippen MR) is 81.5 cm³/mol. The molecule has 0 bridgehead atoms. The molecule has 1 aromatic rings. The maximum Gasteiger partial charge on any atom is 0.128 e. The molecule has 1 aromatic heterocycles. The Labute approximate surface area is 116 Å². The molecule has 19 heavy (non-hydrogen) atoms. The molecule has 0 unspecified atom stereocenters. The molecule has 3 nitrogen and oxygen atoms in total. The van der Waals surface area contributed by atoms with Crippen LogP contribution in [0.5, 0.6) is 0 Å². The van der Waals surface area contributed by atoms with E-state index in [0.717, 1.165) is 43.5 Å². The van der Waals surface area contributed by atoms with Gasteiger partial charge in [-0.3, -0.25) is 0 Å². The summed E-state index contributed by atoms with van der Waals surface area (Å²) in [6, 6.07) is 5.13. The topological polar surface area (TPSA) is 28.2 Å². The van der Waals surface area contributed by atoms with E-state index in [4.69, 9.17) is 0 Å². The van der Waals surface area contributed by atoms with Gasteiger partial charge in [-0.05, 0) is 50.3 Å². The molecule has 0 spiro atoms. The standard InChI is InChI=1S/C16H25N3/c1-4-5-6-9-19(3)16-11-14(10-13(2)18-16)12-17-15-7-8-15/h4,10-11,15,17H,1,5-9,12H2,2-3H3. The molecule has 0 aliphatic heterocycles. The van der Waals surface area contributed by atoms with E-state index in [0.29, 0.717) is 0 Å². The number of aromatic nitrogens is 1. The van der Waals surface area contributed by atoms with E-state index in [1.54, 1.807) is 0 Å². The molecule has 2 rings (SSSR count). The second-order valence-electron chi connectivity index (χ2n) is 5.48. The maximum absolute atomic E-state index is 4.63. The molecule has 1 aliphatic rings. The summed E-state index contributed by atoms with van der Waals surface area (Å²) in [6.45, 7) is 7.82. The first-order valence-corrected chi connectivity index (χ1v) is 7.22. The molecule has 0 saturated heterocycles. The van der Waals surface area contributed by atoms with Gasteiger partial charge in [-0.1, -0.05) is 6.08 Å². The quantitative estimate of drug-likeness (QED) is 0.574. The van der Waals surface area contributed by atoms with Gasteiger partial charge in [0.2, 0.25) is 0 Å². The number of anilines is 1. The molecular weight excluding hydrogens is 234 g/mol. The van der Waals surface area contributed by atoms with E-state index in [-0.39, 0.29) is 0 Å². The zero-order valence-electron chi connectivity index (χ0n) is 12.2. The molecule has 1 aliphatic carbocycles. The van der Waals surface area contributed by atoms with E-state index in [1.807, 2.05) is 6.08 Å². The van der Waals surface area contributed by atoms with Crippen LogP contribution in [0.4, 0.5) is 5.82 Å². The number of nitrogens with zero attached hydrogens (tertiary/aromatic N) is 2. The molecule has 0 amide bonds. The summed E-state index contributed by atoms with van der Waals surface area (Å²) < 4.78 is 0. The second kappa shape index (κ2) is 6.71. The summed E-state index contributed by atoms with van der Waals surface area (Å²) in [7, 11) is 2.11. The Balaban J connectivity index is 1.95. The summed E-state index contributed by atoms with van der Waals surface area (Å²) >= 11 is 0. The Hall–Kier alpha value is -1.35. The molecule has 1 heterocycles. The van der Waals surface area contributed by atoms with Crippen LogP contribution < -0.4 is 10.2 Å². The van der Waals surface area contributed by atoms with Gasteiger partial charge in [0, 0.05) is 31.9 Å². The Bertz CT molecular complexity index is 424. The van der Waals surface area contributed by atoms with Crippen LogP contribution in [0.2, 0.25) is 0 Å². The molecule has 1 fully saturated rings. The molecular formula is C16H25N3. The summed E-state index contributed by atoms with van der Waals surface area (Å²) in [6.07, 6.45) is 6.83. The number of rotatable bonds is 8. The highest BCUT2D eigenvalue weighted by atomic mass is 15.2. The second-order valence-corrected chi connectivity index (χ2v) is 5.48. The number of hydrogen-bond acceptors (Lipinski definition) is 3. The van der Waals surface area contributed by atoms with Crippen molar-refractivity contribution in [2.24, 2.45) is 0 Å². The number of hydrogen-bond donors (Lipinski definition) is 1. The maximum atomic E-state index is 4.63. The molecule has 3 heteroatoms. The van der Waals surface area contributed by atoms with E-state index in [2.05, 4.69) is 47.9 Å². The Morgan fingerprint density at radius 1 is 1.47 bits per heavy atom. The van der Waals surface area contributed by atoms with Crippen molar-refractivity contribution >= 4 is 5.82 Å². The fourth-order valence-corrected chi connectivity index (χ4v) is 2.16. The molecule has 0 aromatic carbocycles. The zero-order valence-corrected chi connectivity index (χ0v) is 12.2. The van der Waals surface area contributed by atoms with Gasteiger partial charge in [0.1, 0.15) is 5.82 Å². The lowest BCUT2D eigenvalue weighted by Crippen LogP contribution is -2.21. The molecule has 104 valence electrons. The predicted octanol–water partition coefficient (Wildman–Crippen LogP) is 3.04. The zero-order chi connectivity index (χ0) is 13.7. The molecule has 0 atom stereocenters. The van der Waals surface area contributed by atoms with E-state index >= 15 is 0 Å². The minimum Gasteiger partial charge on any atom is -0.360 e. The van der Waals surface area contributed by atoms with Gasteiger partial charge >= 0.3 is 0 Å². The van der Waals surface area contributed by atoms with Crippen LogP contribution in [-0.4, -0.2) is 24.6 Å². The number of unbranched alkanes of at least 4 members (excludes halogenated alkanes) is 1. The first-order valence-electron chi connectivity index (χ1n) is 7.22. The fourth-order valence-electron chi connectivity index (χ4n) is 2.16. The van der Waals surface area contributed by atoms with Crippen molar-refractivity contribution in [2.45, 2.75) is 45.2 Å². The Kier molecular flexibility index (Phi) is 4.97. The Morgan fingerprint density at radius 3 is 2.95 bits per heavy atom. The van der Waals surface area contributed by atoms with Gasteiger partial charge in [-0.15, -0.1) is 6.58 Å². The van der Waals surface area contributed by atoms with Crippen molar-refractivity contribution in [1.82, 2.24) is 10.3 Å². The minimum atomic E-state index is 0.752. The van der Waals surface area contributed by atoms with Crippen molar-refractivity contribution in [2.75, 3.05) is 18.5 Å².